The summed E-state index contributed by atoms with van der Waals surface area (Å²) in [6.45, 7) is 0. The minimum atomic E-state index is -3.88. The van der Waals surface area contributed by atoms with E-state index in [4.69, 9.17) is 0 Å². The molecule has 0 saturated heterocycles. The first-order valence-corrected chi connectivity index (χ1v) is 9.71. The van der Waals surface area contributed by atoms with Crippen LogP contribution in [0.15, 0.2) is 48.9 Å². The number of hydrogen-bond donors (Lipinski definition) is 1. The molecule has 0 aliphatic carbocycles. The third kappa shape index (κ3) is 3.93. The minimum absolute atomic E-state index is 0.00394. The van der Waals surface area contributed by atoms with E-state index < -0.39 is 16.1 Å². The third-order valence-corrected chi connectivity index (χ3v) is 5.82. The van der Waals surface area contributed by atoms with Crippen LogP contribution in [0, 0.1) is 0 Å². The molecule has 0 bridgehead atoms. The van der Waals surface area contributed by atoms with Gasteiger partial charge in [0.15, 0.2) is 0 Å². The van der Waals surface area contributed by atoms with Crippen LogP contribution in [-0.4, -0.2) is 47.7 Å². The van der Waals surface area contributed by atoms with Crippen molar-refractivity contribution in [2.24, 2.45) is 0 Å². The van der Waals surface area contributed by atoms with E-state index in [1.54, 1.807) is 30.7 Å². The lowest BCUT2D eigenvalue weighted by Gasteiger charge is -2.12. The van der Waals surface area contributed by atoms with Gasteiger partial charge in [-0.05, 0) is 24.3 Å². The lowest BCUT2D eigenvalue weighted by atomic mass is 10.3. The highest BCUT2D eigenvalue weighted by molar-refractivity contribution is 7.87. The van der Waals surface area contributed by atoms with Gasteiger partial charge >= 0.3 is 10.2 Å². The molecule has 3 aromatic heterocycles. The van der Waals surface area contributed by atoms with E-state index in [2.05, 4.69) is 15.0 Å². The molecule has 0 unspecified atom stereocenters. The number of aromatic nitrogens is 3. The molecule has 26 heavy (non-hydrogen) atoms. The fraction of sp³-hybridized carbons (Fsp3) is 0.125. The molecule has 3 heterocycles. The van der Waals surface area contributed by atoms with Gasteiger partial charge in [-0.25, -0.2) is 14.7 Å². The van der Waals surface area contributed by atoms with Gasteiger partial charge in [-0.15, -0.1) is 11.3 Å². The van der Waals surface area contributed by atoms with Crippen molar-refractivity contribution in [3.8, 4) is 21.1 Å². The predicted octanol–water partition coefficient (Wildman–Crippen LogP) is 1.80. The molecule has 134 valence electrons. The predicted molar refractivity (Wildman–Crippen MR) is 98.6 cm³/mol. The zero-order valence-corrected chi connectivity index (χ0v) is 15.6. The summed E-state index contributed by atoms with van der Waals surface area (Å²) in [6.07, 6.45) is 5.06. The van der Waals surface area contributed by atoms with E-state index in [1.807, 2.05) is 16.9 Å². The van der Waals surface area contributed by atoms with Crippen molar-refractivity contribution in [3.63, 3.8) is 0 Å². The second-order valence-electron chi connectivity index (χ2n) is 5.40. The zero-order chi connectivity index (χ0) is 18.7. The lowest BCUT2D eigenvalue weighted by molar-refractivity contribution is 0.0975. The number of pyridine rings is 2. The van der Waals surface area contributed by atoms with Crippen LogP contribution >= 0.6 is 11.3 Å². The summed E-state index contributed by atoms with van der Waals surface area (Å²) in [5, 5.41) is 0.778. The van der Waals surface area contributed by atoms with Crippen LogP contribution in [0.1, 0.15) is 10.5 Å². The minimum Gasteiger partial charge on any atom is -0.266 e. The molecule has 1 amide bonds. The summed E-state index contributed by atoms with van der Waals surface area (Å²) in [4.78, 5) is 25.6. The molecule has 0 fully saturated rings. The highest BCUT2D eigenvalue weighted by atomic mass is 32.2. The van der Waals surface area contributed by atoms with Crippen LogP contribution in [0.25, 0.3) is 21.1 Å². The number of nitrogens with zero attached hydrogens (tertiary/aromatic N) is 4. The number of rotatable bonds is 5. The van der Waals surface area contributed by atoms with Gasteiger partial charge in [0, 0.05) is 38.2 Å². The summed E-state index contributed by atoms with van der Waals surface area (Å²) < 4.78 is 26.4. The zero-order valence-electron chi connectivity index (χ0n) is 13.9. The van der Waals surface area contributed by atoms with E-state index in [9.17, 15) is 13.2 Å². The van der Waals surface area contributed by atoms with E-state index in [1.165, 1.54) is 31.5 Å². The number of hydrogen-bond acceptors (Lipinski definition) is 7. The first kappa shape index (κ1) is 18.1. The molecule has 0 aliphatic rings. The van der Waals surface area contributed by atoms with Crippen LogP contribution < -0.4 is 4.72 Å². The van der Waals surface area contributed by atoms with Gasteiger partial charge in [-0.2, -0.15) is 12.7 Å². The Hall–Kier alpha value is -2.69. The molecule has 3 rings (SSSR count). The van der Waals surface area contributed by atoms with E-state index in [0.717, 1.165) is 19.8 Å². The maximum atomic E-state index is 12.2. The smallest absolute Gasteiger partial charge is 0.266 e. The van der Waals surface area contributed by atoms with Crippen LogP contribution in [0.5, 0.6) is 0 Å². The fourth-order valence-corrected chi connectivity index (χ4v) is 3.37. The van der Waals surface area contributed by atoms with Gasteiger partial charge in [0.05, 0.1) is 10.6 Å². The number of carbonyl (C=O) groups is 1. The van der Waals surface area contributed by atoms with Crippen LogP contribution in [0.4, 0.5) is 0 Å². The molecule has 8 nitrogen and oxygen atoms in total. The third-order valence-electron chi connectivity index (χ3n) is 3.35. The van der Waals surface area contributed by atoms with Gasteiger partial charge in [0.25, 0.3) is 5.91 Å². The molecule has 10 heteroatoms. The highest BCUT2D eigenvalue weighted by Crippen LogP contribution is 2.30. The van der Waals surface area contributed by atoms with Crippen molar-refractivity contribution in [2.75, 3.05) is 14.1 Å². The molecule has 0 aromatic carbocycles. The van der Waals surface area contributed by atoms with Crippen LogP contribution in [0.3, 0.4) is 0 Å². The Balaban J connectivity index is 1.86. The maximum Gasteiger partial charge on any atom is 0.303 e. The van der Waals surface area contributed by atoms with Gasteiger partial charge < -0.3 is 0 Å². The van der Waals surface area contributed by atoms with Gasteiger partial charge in [0.2, 0.25) is 0 Å². The Labute approximate surface area is 154 Å². The summed E-state index contributed by atoms with van der Waals surface area (Å²) in [6, 6.07) is 8.55. The summed E-state index contributed by atoms with van der Waals surface area (Å²) in [5.74, 6) is -0.794. The number of nitrogens with one attached hydrogen (secondary N) is 1. The van der Waals surface area contributed by atoms with Crippen molar-refractivity contribution >= 4 is 27.5 Å². The molecule has 0 aliphatic heterocycles. The van der Waals surface area contributed by atoms with Crippen LogP contribution in [-0.2, 0) is 10.2 Å². The quantitative estimate of drug-likeness (QED) is 0.713. The Kier molecular flexibility index (Phi) is 5.07. The van der Waals surface area contributed by atoms with Gasteiger partial charge in [0.1, 0.15) is 10.7 Å². The van der Waals surface area contributed by atoms with Crippen LogP contribution in [0.2, 0.25) is 0 Å². The molecule has 3 aromatic rings. The fourth-order valence-electron chi connectivity index (χ4n) is 1.97. The molecular weight excluding hydrogens is 374 g/mol. The van der Waals surface area contributed by atoms with Crippen molar-refractivity contribution < 1.29 is 13.2 Å². The van der Waals surface area contributed by atoms with Crippen molar-refractivity contribution in [1.82, 2.24) is 24.0 Å². The van der Waals surface area contributed by atoms with Crippen molar-refractivity contribution in [3.05, 3.63) is 54.6 Å². The lowest BCUT2D eigenvalue weighted by Crippen LogP contribution is -2.39. The van der Waals surface area contributed by atoms with Gasteiger partial charge in [-0.1, -0.05) is 6.07 Å². The first-order chi connectivity index (χ1) is 12.4. The number of amides is 1. The van der Waals surface area contributed by atoms with E-state index >= 15 is 0 Å². The number of thiazole rings is 1. The second-order valence-corrected chi connectivity index (χ2v) is 8.31. The summed E-state index contributed by atoms with van der Waals surface area (Å²) >= 11 is 1.41. The Bertz CT molecular complexity index is 1030. The molecule has 0 radical (unpaired) electrons. The second kappa shape index (κ2) is 7.28. The highest BCUT2D eigenvalue weighted by Gasteiger charge is 2.19. The molecular formula is C16H15N5O3S2. The maximum absolute atomic E-state index is 12.2. The van der Waals surface area contributed by atoms with Gasteiger partial charge in [-0.3, -0.25) is 9.78 Å². The summed E-state index contributed by atoms with van der Waals surface area (Å²) in [7, 11) is -1.22. The average molecular weight is 389 g/mol. The largest absolute Gasteiger partial charge is 0.303 e. The monoisotopic (exact) mass is 389 g/mol. The average Bonchev–Trinajstić information content (AvgIpc) is 3.12. The molecule has 1 N–H and O–H groups in total. The first-order valence-electron chi connectivity index (χ1n) is 7.45. The van der Waals surface area contributed by atoms with Crippen molar-refractivity contribution in [2.45, 2.75) is 0 Å². The molecule has 0 spiro atoms. The Morgan fingerprint density at radius 3 is 2.65 bits per heavy atom. The van der Waals surface area contributed by atoms with Crippen molar-refractivity contribution in [1.29, 1.82) is 0 Å². The Morgan fingerprint density at radius 1 is 1.15 bits per heavy atom. The molecule has 0 saturated carbocycles. The Morgan fingerprint density at radius 2 is 1.96 bits per heavy atom. The van der Waals surface area contributed by atoms with E-state index in [0.29, 0.717) is 5.69 Å². The topological polar surface area (TPSA) is 105 Å². The molecule has 0 atom stereocenters. The standard InChI is InChI=1S/C16H15N5O3S2/c1-21(2)26(23,24)20-15(22)13-7-3-6-12(19-13)14-10-18-16(25-14)11-5-4-8-17-9-11/h3-10H,1-2H3,(H,20,22). The summed E-state index contributed by atoms with van der Waals surface area (Å²) in [5.41, 5.74) is 1.42. The normalized spacial score (nSPS) is 11.5. The van der Waals surface area contributed by atoms with E-state index in [-0.39, 0.29) is 5.69 Å². The SMILES string of the molecule is CN(C)S(=O)(=O)NC(=O)c1cccc(-c2cnc(-c3cccnc3)s2)n1. The number of carbonyl (C=O) groups excluding carboxylic acids is 1.